The second-order valence-corrected chi connectivity index (χ2v) is 11.9. The molecule has 0 spiro atoms. The number of carbonyl (C=O) groups excluding carboxylic acids is 4. The fourth-order valence-electron chi connectivity index (χ4n) is 4.65. The summed E-state index contributed by atoms with van der Waals surface area (Å²) in [7, 11) is 0. The Morgan fingerprint density at radius 3 is 2.13 bits per heavy atom. The van der Waals surface area contributed by atoms with E-state index in [2.05, 4.69) is 32.6 Å². The summed E-state index contributed by atoms with van der Waals surface area (Å²) in [5.41, 5.74) is 13.6. The molecule has 1 rings (SSSR count). The Morgan fingerprint density at radius 2 is 1.53 bits per heavy atom. The molecule has 1 aromatic carbocycles. The number of amides is 2. The Kier molecular flexibility index (Phi) is 23.6. The molecule has 1 aromatic rings. The quantitative estimate of drug-likeness (QED) is 0.0175. The molecule has 0 unspecified atom stereocenters. The van der Waals surface area contributed by atoms with E-state index < -0.39 is 27.5 Å². The van der Waals surface area contributed by atoms with Gasteiger partial charge in [0.2, 0.25) is 17.6 Å². The molecule has 0 heterocycles. The van der Waals surface area contributed by atoms with Crippen LogP contribution in [0.3, 0.4) is 0 Å². The van der Waals surface area contributed by atoms with Crippen molar-refractivity contribution in [2.24, 2.45) is 17.6 Å². The summed E-state index contributed by atoms with van der Waals surface area (Å²) in [4.78, 5) is 72.6. The zero-order chi connectivity index (χ0) is 39.4. The van der Waals surface area contributed by atoms with Crippen LogP contribution < -0.4 is 27.0 Å². The summed E-state index contributed by atoms with van der Waals surface area (Å²) in [6, 6.07) is 3.42. The Bertz CT molecular complexity index is 1420. The third kappa shape index (κ3) is 21.6. The third-order valence-electron chi connectivity index (χ3n) is 7.56. The van der Waals surface area contributed by atoms with Crippen molar-refractivity contribution in [1.29, 1.82) is 0 Å². The number of nitrogens with zero attached hydrogens (tertiary/aromatic N) is 4. The van der Waals surface area contributed by atoms with E-state index in [0.717, 1.165) is 12.3 Å². The molecule has 20 nitrogen and oxygen atoms in total. The van der Waals surface area contributed by atoms with Crippen LogP contribution in [0.2, 0.25) is 0 Å². The largest absolute Gasteiger partial charge is 0.386 e. The van der Waals surface area contributed by atoms with Gasteiger partial charge in [-0.1, -0.05) is 13.5 Å². The van der Waals surface area contributed by atoms with E-state index in [4.69, 9.17) is 25.5 Å². The van der Waals surface area contributed by atoms with Crippen molar-refractivity contribution < 1.29 is 48.0 Å². The van der Waals surface area contributed by atoms with Crippen molar-refractivity contribution in [2.75, 3.05) is 71.1 Å². The minimum atomic E-state index is -0.709. The normalized spacial score (nSPS) is 11.7. The molecule has 0 aromatic heterocycles. The van der Waals surface area contributed by atoms with Gasteiger partial charge in [-0.2, -0.15) is 4.79 Å². The maximum Gasteiger partial charge on any atom is 0.323 e. The molecule has 20 heteroatoms. The number of nitrogens with one attached hydrogen (secondary N) is 4. The monoisotopic (exact) mass is 749 g/mol. The topological polar surface area (TPSA) is 293 Å². The van der Waals surface area contributed by atoms with E-state index in [1.54, 1.807) is 6.92 Å². The van der Waals surface area contributed by atoms with Crippen LogP contribution in [0.15, 0.2) is 30.6 Å². The van der Waals surface area contributed by atoms with Crippen LogP contribution in [0.25, 0.3) is 5.53 Å². The molecule has 294 valence electrons. The van der Waals surface area contributed by atoms with E-state index >= 15 is 0 Å². The number of anilines is 1. The van der Waals surface area contributed by atoms with Gasteiger partial charge >= 0.3 is 6.21 Å². The summed E-state index contributed by atoms with van der Waals surface area (Å²) >= 11 is 0. The van der Waals surface area contributed by atoms with Gasteiger partial charge in [-0.15, -0.1) is 0 Å². The number of hydrogen-bond acceptors (Lipinski definition) is 14. The van der Waals surface area contributed by atoms with Crippen molar-refractivity contribution in [3.05, 3.63) is 56.4 Å². The van der Waals surface area contributed by atoms with Gasteiger partial charge in [0.05, 0.1) is 54.7 Å². The highest BCUT2D eigenvalue weighted by Gasteiger charge is 2.24. The number of carbonyl (C=O) groups is 4. The Labute approximate surface area is 307 Å². The zero-order valence-corrected chi connectivity index (χ0v) is 30.0. The number of nitro groups is 2. The summed E-state index contributed by atoms with van der Waals surface area (Å²) < 4.78 is 16.4. The van der Waals surface area contributed by atoms with Crippen LogP contribution in [-0.4, -0.2) is 110 Å². The Morgan fingerprint density at radius 1 is 0.906 bits per heavy atom. The van der Waals surface area contributed by atoms with Gasteiger partial charge in [-0.05, 0) is 38.2 Å². The van der Waals surface area contributed by atoms with Crippen molar-refractivity contribution in [2.45, 2.75) is 51.9 Å². The molecule has 0 fully saturated rings. The molecule has 6 N–H and O–H groups in total. The maximum atomic E-state index is 12.4. The summed E-state index contributed by atoms with van der Waals surface area (Å²) in [5, 5.41) is 33.0. The Balaban J connectivity index is 2.07. The molecule has 0 saturated carbocycles. The summed E-state index contributed by atoms with van der Waals surface area (Å²) in [6.45, 7) is 8.32. The van der Waals surface area contributed by atoms with E-state index in [1.165, 1.54) is 12.1 Å². The molecule has 0 aliphatic heterocycles. The van der Waals surface area contributed by atoms with E-state index in [0.29, 0.717) is 85.0 Å². The van der Waals surface area contributed by atoms with Crippen molar-refractivity contribution in [3.8, 4) is 0 Å². The maximum absolute atomic E-state index is 12.4. The van der Waals surface area contributed by atoms with E-state index in [1.807, 2.05) is 0 Å². The van der Waals surface area contributed by atoms with E-state index in [9.17, 15) is 39.4 Å². The highest BCUT2D eigenvalue weighted by Crippen LogP contribution is 2.28. The molecule has 0 radical (unpaired) electrons. The smallest absolute Gasteiger partial charge is 0.323 e. The van der Waals surface area contributed by atoms with Crippen LogP contribution in [0.5, 0.6) is 0 Å². The molecular formula is C33H51N9O11. The standard InChI is InChI=1S/C33H51N9O11/c1-24(33(46)39-22-28(43)20-26(31(44)23-40-35)6-3-11-36-25(2)34)7-10-32(45)38-13-5-15-52-17-19-53-18-16-51-14-4-12-37-29-9-8-27(41(47)48)21-30(29)42(49)50/h8-9,21,23-24,26,36-37H,2-7,10-20,22,34H2,1H3,(H,38,45)(H,39,46)/t24-,26+/m0/s1. The van der Waals surface area contributed by atoms with Gasteiger partial charge in [-0.25, -0.2) is 0 Å². The number of nitro benzene ring substituents is 2. The molecule has 0 bridgehead atoms. The fraction of sp³-hybridized carbons (Fsp3) is 0.606. The van der Waals surface area contributed by atoms with Gasteiger partial charge in [0, 0.05) is 63.6 Å². The highest BCUT2D eigenvalue weighted by molar-refractivity contribution is 6.26. The zero-order valence-electron chi connectivity index (χ0n) is 30.0. The van der Waals surface area contributed by atoms with Gasteiger partial charge in [0.1, 0.15) is 5.69 Å². The van der Waals surface area contributed by atoms with Crippen LogP contribution >= 0.6 is 0 Å². The first-order valence-electron chi connectivity index (χ1n) is 17.2. The van der Waals surface area contributed by atoms with Crippen LogP contribution in [0, 0.1) is 32.1 Å². The molecule has 2 amide bonds. The van der Waals surface area contributed by atoms with Gasteiger partial charge in [0.25, 0.3) is 11.4 Å². The van der Waals surface area contributed by atoms with Gasteiger partial charge in [0.15, 0.2) is 5.78 Å². The second kappa shape index (κ2) is 27.4. The van der Waals surface area contributed by atoms with Crippen LogP contribution in [-0.2, 0) is 33.4 Å². The Hall–Kier alpha value is -5.30. The predicted molar refractivity (Wildman–Crippen MR) is 193 cm³/mol. The fourth-order valence-corrected chi connectivity index (χ4v) is 4.65. The van der Waals surface area contributed by atoms with Gasteiger partial charge in [-0.3, -0.25) is 39.4 Å². The number of ketones is 2. The SMILES string of the molecule is C=C(N)NCCC[C@H](CC(=O)CNC(=O)[C@@H](C)CCC(=O)NCCCOCCOCCOCCCNc1ccc([N+](=O)[O-])cc1[N+](=O)[O-])C(=O)C=[N+]=[N-]. The second-order valence-electron chi connectivity index (χ2n) is 11.9. The van der Waals surface area contributed by atoms with E-state index in [-0.39, 0.29) is 66.3 Å². The number of rotatable bonds is 32. The number of Topliss-reactive ketones (excluding diaryl/α,β-unsaturated/α-hetero) is 2. The predicted octanol–water partition coefficient (Wildman–Crippen LogP) is 1.64. The number of ether oxygens (including phenoxy) is 3. The van der Waals surface area contributed by atoms with Gasteiger partial charge < -0.3 is 46.7 Å². The minimum Gasteiger partial charge on any atom is -0.386 e. The molecule has 0 aliphatic rings. The number of non-ortho nitro benzene ring substituents is 1. The first kappa shape index (κ1) is 45.7. The lowest BCUT2D eigenvalue weighted by Crippen LogP contribution is -2.35. The lowest BCUT2D eigenvalue weighted by atomic mass is 9.93. The number of benzene rings is 1. The summed E-state index contributed by atoms with van der Waals surface area (Å²) in [5.74, 6) is -2.40. The lowest BCUT2D eigenvalue weighted by molar-refractivity contribution is -0.393. The lowest BCUT2D eigenvalue weighted by Gasteiger charge is -2.14. The first-order valence-corrected chi connectivity index (χ1v) is 17.2. The average molecular weight is 750 g/mol. The first-order chi connectivity index (χ1) is 25.3. The molecule has 2 atom stereocenters. The van der Waals surface area contributed by atoms with Crippen molar-refractivity contribution in [3.63, 3.8) is 0 Å². The molecule has 0 saturated heterocycles. The minimum absolute atomic E-state index is 0.123. The number of nitrogens with two attached hydrogens (primary N) is 1. The third-order valence-corrected chi connectivity index (χ3v) is 7.56. The van der Waals surface area contributed by atoms with Crippen LogP contribution in [0.4, 0.5) is 17.1 Å². The molecule has 0 aliphatic carbocycles. The van der Waals surface area contributed by atoms with Crippen molar-refractivity contribution >= 4 is 46.7 Å². The summed E-state index contributed by atoms with van der Waals surface area (Å²) in [6.07, 6.45) is 3.01. The number of hydrogen-bond donors (Lipinski definition) is 5. The van der Waals surface area contributed by atoms with Crippen molar-refractivity contribution in [1.82, 2.24) is 16.0 Å². The van der Waals surface area contributed by atoms with Crippen LogP contribution in [0.1, 0.15) is 51.9 Å². The average Bonchev–Trinajstić information content (AvgIpc) is 3.12. The molecular weight excluding hydrogens is 698 g/mol. The highest BCUT2D eigenvalue weighted by atomic mass is 16.6. The molecule has 53 heavy (non-hydrogen) atoms.